The summed E-state index contributed by atoms with van der Waals surface area (Å²) in [4.78, 5) is 27.5. The van der Waals surface area contributed by atoms with Crippen LogP contribution in [0.1, 0.15) is 16.1 Å². The highest BCUT2D eigenvalue weighted by atomic mass is 16.6. The second-order valence-electron chi connectivity index (χ2n) is 5.98. The van der Waals surface area contributed by atoms with Crippen LogP contribution in [0, 0.1) is 10.1 Å². The number of carbonyl (C=O) groups is 1. The molecule has 0 fully saturated rings. The van der Waals surface area contributed by atoms with Crippen LogP contribution in [0.25, 0.3) is 10.9 Å². The van der Waals surface area contributed by atoms with Gasteiger partial charge in [-0.25, -0.2) is 9.78 Å². The lowest BCUT2D eigenvalue weighted by molar-refractivity contribution is -0.384. The van der Waals surface area contributed by atoms with Crippen molar-refractivity contribution in [3.8, 4) is 0 Å². The van der Waals surface area contributed by atoms with Crippen LogP contribution in [-0.4, -0.2) is 36.1 Å². The number of methoxy groups -OCH3 is 1. The lowest BCUT2D eigenvalue weighted by Crippen LogP contribution is -2.11. The second-order valence-corrected chi connectivity index (χ2v) is 5.98. The number of hydrogen-bond acceptors (Lipinski definition) is 7. The quantitative estimate of drug-likeness (QED) is 0.275. The minimum atomic E-state index is -0.651. The van der Waals surface area contributed by atoms with Crippen molar-refractivity contribution in [1.29, 1.82) is 0 Å². The third-order valence-electron chi connectivity index (χ3n) is 4.06. The van der Waals surface area contributed by atoms with Crippen molar-refractivity contribution in [2.24, 2.45) is 0 Å². The van der Waals surface area contributed by atoms with Crippen LogP contribution in [0.2, 0.25) is 0 Å². The van der Waals surface area contributed by atoms with Crippen LogP contribution in [-0.2, 0) is 16.1 Å². The number of aromatic nitrogens is 1. The Morgan fingerprint density at radius 3 is 2.79 bits per heavy atom. The monoisotopic (exact) mass is 381 g/mol. The van der Waals surface area contributed by atoms with Crippen LogP contribution >= 0.6 is 0 Å². The zero-order valence-corrected chi connectivity index (χ0v) is 15.3. The minimum absolute atomic E-state index is 0.0225. The van der Waals surface area contributed by atoms with E-state index in [-0.39, 0.29) is 17.9 Å². The Hall–Kier alpha value is -3.52. The fourth-order valence-corrected chi connectivity index (χ4v) is 2.66. The molecule has 1 heterocycles. The highest BCUT2D eigenvalue weighted by molar-refractivity contribution is 5.91. The summed E-state index contributed by atoms with van der Waals surface area (Å²) in [6.45, 7) is 0.791. The molecular weight excluding hydrogens is 362 g/mol. The molecule has 8 nitrogen and oxygen atoms in total. The van der Waals surface area contributed by atoms with Crippen LogP contribution in [0.4, 0.5) is 11.4 Å². The summed E-state index contributed by atoms with van der Waals surface area (Å²) < 4.78 is 10.2. The molecule has 0 aliphatic heterocycles. The van der Waals surface area contributed by atoms with Crippen LogP contribution in [0.15, 0.2) is 54.6 Å². The molecule has 0 bridgehead atoms. The molecule has 0 atom stereocenters. The number of rotatable bonds is 8. The van der Waals surface area contributed by atoms with Crippen molar-refractivity contribution in [1.82, 2.24) is 4.98 Å². The van der Waals surface area contributed by atoms with E-state index in [4.69, 9.17) is 9.47 Å². The number of nitrogens with zero attached hydrogens (tertiary/aromatic N) is 2. The van der Waals surface area contributed by atoms with Gasteiger partial charge in [0.1, 0.15) is 12.3 Å². The van der Waals surface area contributed by atoms with E-state index in [9.17, 15) is 14.9 Å². The van der Waals surface area contributed by atoms with E-state index in [0.29, 0.717) is 24.5 Å². The predicted octanol–water partition coefficient (Wildman–Crippen LogP) is 3.56. The zero-order chi connectivity index (χ0) is 19.9. The standard InChI is InChI=1S/C20H19N3O5/c1-27-11-10-21-18-9-7-15(12-19(18)23(25)26)20(24)28-13-16-8-6-14-4-2-3-5-17(14)22-16/h2-9,12,21H,10-11,13H2,1H3. The zero-order valence-electron chi connectivity index (χ0n) is 15.3. The number of nitrogens with one attached hydrogen (secondary N) is 1. The molecule has 144 valence electrons. The number of nitro benzene ring substituents is 1. The van der Waals surface area contributed by atoms with E-state index in [1.807, 2.05) is 30.3 Å². The molecule has 0 aliphatic carbocycles. The maximum atomic E-state index is 12.3. The summed E-state index contributed by atoms with van der Waals surface area (Å²) in [6, 6.07) is 15.5. The number of ether oxygens (including phenoxy) is 2. The van der Waals surface area contributed by atoms with Gasteiger partial charge in [-0.1, -0.05) is 24.3 Å². The van der Waals surface area contributed by atoms with Gasteiger partial charge in [-0.15, -0.1) is 0 Å². The summed E-state index contributed by atoms with van der Waals surface area (Å²) in [7, 11) is 1.54. The highest BCUT2D eigenvalue weighted by Crippen LogP contribution is 2.26. The highest BCUT2D eigenvalue weighted by Gasteiger charge is 2.18. The first-order valence-electron chi connectivity index (χ1n) is 8.61. The fourth-order valence-electron chi connectivity index (χ4n) is 2.66. The molecule has 0 saturated heterocycles. The van der Waals surface area contributed by atoms with Crippen LogP contribution in [0.3, 0.4) is 0 Å². The number of pyridine rings is 1. The average Bonchev–Trinajstić information content (AvgIpc) is 2.72. The lowest BCUT2D eigenvalue weighted by Gasteiger charge is -2.09. The topological polar surface area (TPSA) is 104 Å². The molecule has 28 heavy (non-hydrogen) atoms. The number of fused-ring (bicyclic) bond motifs is 1. The summed E-state index contributed by atoms with van der Waals surface area (Å²) in [5.74, 6) is -0.651. The Balaban J connectivity index is 1.70. The lowest BCUT2D eigenvalue weighted by atomic mass is 10.1. The molecule has 0 unspecified atom stereocenters. The smallest absolute Gasteiger partial charge is 0.338 e. The summed E-state index contributed by atoms with van der Waals surface area (Å²) >= 11 is 0. The van der Waals surface area contributed by atoms with Crippen LogP contribution < -0.4 is 5.32 Å². The Morgan fingerprint density at radius 1 is 1.18 bits per heavy atom. The first-order valence-corrected chi connectivity index (χ1v) is 8.61. The van der Waals surface area contributed by atoms with Gasteiger partial charge < -0.3 is 14.8 Å². The van der Waals surface area contributed by atoms with Crippen molar-refractivity contribution < 1.29 is 19.2 Å². The van der Waals surface area contributed by atoms with Gasteiger partial charge in [0.2, 0.25) is 0 Å². The number of anilines is 1. The van der Waals surface area contributed by atoms with E-state index in [0.717, 1.165) is 10.9 Å². The summed E-state index contributed by atoms with van der Waals surface area (Å²) in [6.07, 6.45) is 0. The molecule has 0 radical (unpaired) electrons. The van der Waals surface area contributed by atoms with Crippen molar-refractivity contribution in [3.63, 3.8) is 0 Å². The number of benzene rings is 2. The van der Waals surface area contributed by atoms with E-state index >= 15 is 0 Å². The summed E-state index contributed by atoms with van der Waals surface area (Å²) in [5.41, 5.74) is 1.62. The van der Waals surface area contributed by atoms with Gasteiger partial charge in [0.05, 0.1) is 28.3 Å². The van der Waals surface area contributed by atoms with Gasteiger partial charge in [-0.3, -0.25) is 10.1 Å². The third-order valence-corrected chi connectivity index (χ3v) is 4.06. The van der Waals surface area contributed by atoms with E-state index < -0.39 is 10.9 Å². The third kappa shape index (κ3) is 4.60. The largest absolute Gasteiger partial charge is 0.456 e. The minimum Gasteiger partial charge on any atom is -0.456 e. The van der Waals surface area contributed by atoms with Crippen molar-refractivity contribution in [2.45, 2.75) is 6.61 Å². The SMILES string of the molecule is COCCNc1ccc(C(=O)OCc2ccc3ccccc3n2)cc1[N+](=O)[O-]. The van der Waals surface area contributed by atoms with Gasteiger partial charge in [0, 0.05) is 25.1 Å². The predicted molar refractivity (Wildman–Crippen MR) is 104 cm³/mol. The van der Waals surface area contributed by atoms with E-state index in [1.165, 1.54) is 18.2 Å². The normalized spacial score (nSPS) is 10.6. The molecule has 2 aromatic carbocycles. The number of esters is 1. The number of nitro groups is 1. The van der Waals surface area contributed by atoms with E-state index in [2.05, 4.69) is 10.3 Å². The van der Waals surface area contributed by atoms with Crippen molar-refractivity contribution in [3.05, 3.63) is 76.0 Å². The van der Waals surface area contributed by atoms with Crippen molar-refractivity contribution in [2.75, 3.05) is 25.6 Å². The van der Waals surface area contributed by atoms with Gasteiger partial charge in [0.15, 0.2) is 0 Å². The Kier molecular flexibility index (Phi) is 6.13. The first kappa shape index (κ1) is 19.2. The number of carbonyl (C=O) groups excluding carboxylic acids is 1. The molecule has 0 saturated carbocycles. The molecule has 3 rings (SSSR count). The van der Waals surface area contributed by atoms with Crippen molar-refractivity contribution >= 4 is 28.2 Å². The van der Waals surface area contributed by atoms with Gasteiger partial charge in [-0.05, 0) is 24.3 Å². The van der Waals surface area contributed by atoms with Crippen LogP contribution in [0.5, 0.6) is 0 Å². The molecule has 8 heteroatoms. The molecular formula is C20H19N3O5. The maximum Gasteiger partial charge on any atom is 0.338 e. The van der Waals surface area contributed by atoms with Gasteiger partial charge in [0.25, 0.3) is 5.69 Å². The van der Waals surface area contributed by atoms with E-state index in [1.54, 1.807) is 13.2 Å². The first-order chi connectivity index (χ1) is 13.6. The Bertz CT molecular complexity index is 1010. The molecule has 1 N–H and O–H groups in total. The second kappa shape index (κ2) is 8.92. The molecule has 0 aliphatic rings. The molecule has 0 spiro atoms. The average molecular weight is 381 g/mol. The fraction of sp³-hybridized carbons (Fsp3) is 0.200. The Labute approximate surface area is 161 Å². The molecule has 0 amide bonds. The Morgan fingerprint density at radius 2 is 2.00 bits per heavy atom. The maximum absolute atomic E-state index is 12.3. The number of hydrogen-bond donors (Lipinski definition) is 1. The van der Waals surface area contributed by atoms with Gasteiger partial charge >= 0.3 is 5.97 Å². The molecule has 3 aromatic rings. The van der Waals surface area contributed by atoms with Gasteiger partial charge in [-0.2, -0.15) is 0 Å². The number of para-hydroxylation sites is 1. The molecule has 1 aromatic heterocycles. The summed E-state index contributed by atoms with van der Waals surface area (Å²) in [5, 5.41) is 15.2.